The minimum atomic E-state index is -0.559. The molecule has 7 heteroatoms. The van der Waals surface area contributed by atoms with E-state index in [-0.39, 0.29) is 18.6 Å². The van der Waals surface area contributed by atoms with Crippen LogP contribution in [0.25, 0.3) is 6.08 Å². The number of esters is 1. The van der Waals surface area contributed by atoms with Crippen LogP contribution in [0.15, 0.2) is 48.1 Å². The van der Waals surface area contributed by atoms with Gasteiger partial charge in [0.25, 0.3) is 0 Å². The molecule has 6 nitrogen and oxygen atoms in total. The van der Waals surface area contributed by atoms with Crippen LogP contribution in [0.4, 0.5) is 5.69 Å². The average Bonchev–Trinajstić information content (AvgIpc) is 3.06. The summed E-state index contributed by atoms with van der Waals surface area (Å²) in [6.07, 6.45) is 5.58. The van der Waals surface area contributed by atoms with Gasteiger partial charge in [0.05, 0.1) is 23.5 Å². The van der Waals surface area contributed by atoms with Gasteiger partial charge in [-0.15, -0.1) is 11.8 Å². The van der Waals surface area contributed by atoms with Crippen LogP contribution in [0.2, 0.25) is 0 Å². The molecule has 0 spiro atoms. The number of amides is 1. The number of nitrogens with zero attached hydrogens (tertiary/aromatic N) is 2. The Bertz CT molecular complexity index is 779. The number of anilines is 1. The van der Waals surface area contributed by atoms with E-state index in [2.05, 4.69) is 10.4 Å². The Morgan fingerprint density at radius 3 is 2.70 bits per heavy atom. The number of ether oxygens (including phenoxy) is 1. The van der Waals surface area contributed by atoms with Gasteiger partial charge in [0.15, 0.2) is 6.73 Å². The van der Waals surface area contributed by atoms with Gasteiger partial charge in [0, 0.05) is 12.2 Å². The van der Waals surface area contributed by atoms with Gasteiger partial charge in [-0.25, -0.2) is 4.68 Å². The van der Waals surface area contributed by atoms with Crippen molar-refractivity contribution >= 4 is 35.4 Å². The maximum Gasteiger partial charge on any atom is 0.313 e. The summed E-state index contributed by atoms with van der Waals surface area (Å²) in [7, 11) is 0. The molecule has 0 aliphatic rings. The lowest BCUT2D eigenvalue weighted by molar-refractivity contribution is -0.157. The third-order valence-corrected chi connectivity index (χ3v) is 4.23. The molecule has 0 saturated heterocycles. The van der Waals surface area contributed by atoms with Crippen LogP contribution in [0, 0.1) is 5.41 Å². The SMILES string of the molecule is CC(C)(C)C(=O)OCn1cc(NC(=O)CCSC=Cc2ccccc2)cn1. The van der Waals surface area contributed by atoms with Crippen molar-refractivity contribution in [3.05, 3.63) is 53.7 Å². The Balaban J connectivity index is 1.68. The van der Waals surface area contributed by atoms with Crippen LogP contribution in [0.5, 0.6) is 0 Å². The molecule has 1 heterocycles. The molecular weight excluding hydrogens is 362 g/mol. The monoisotopic (exact) mass is 387 g/mol. The van der Waals surface area contributed by atoms with Crippen molar-refractivity contribution < 1.29 is 14.3 Å². The summed E-state index contributed by atoms with van der Waals surface area (Å²) in [4.78, 5) is 23.7. The third kappa shape index (κ3) is 7.70. The van der Waals surface area contributed by atoms with E-state index in [1.165, 1.54) is 10.9 Å². The van der Waals surface area contributed by atoms with Crippen LogP contribution in [0.1, 0.15) is 32.8 Å². The molecule has 0 saturated carbocycles. The molecule has 1 amide bonds. The topological polar surface area (TPSA) is 73.2 Å². The van der Waals surface area contributed by atoms with Gasteiger partial charge in [-0.1, -0.05) is 30.3 Å². The maximum atomic E-state index is 12.0. The first-order chi connectivity index (χ1) is 12.8. The van der Waals surface area contributed by atoms with E-state index < -0.39 is 5.41 Å². The second-order valence-corrected chi connectivity index (χ2v) is 7.98. The summed E-state index contributed by atoms with van der Waals surface area (Å²) in [6, 6.07) is 10.0. The summed E-state index contributed by atoms with van der Waals surface area (Å²) < 4.78 is 6.65. The Labute approximate surface area is 164 Å². The minimum Gasteiger partial charge on any atom is -0.442 e. The Morgan fingerprint density at radius 1 is 1.26 bits per heavy atom. The molecular formula is C20H25N3O3S. The van der Waals surface area contributed by atoms with Gasteiger partial charge in [-0.3, -0.25) is 9.59 Å². The Morgan fingerprint density at radius 2 is 2.00 bits per heavy atom. The van der Waals surface area contributed by atoms with Crippen molar-refractivity contribution in [3.8, 4) is 0 Å². The van der Waals surface area contributed by atoms with E-state index in [9.17, 15) is 9.59 Å². The van der Waals surface area contributed by atoms with Crippen molar-refractivity contribution in [1.29, 1.82) is 0 Å². The number of carbonyl (C=O) groups excluding carboxylic acids is 2. The number of thioether (sulfide) groups is 1. The largest absolute Gasteiger partial charge is 0.442 e. The second kappa shape index (κ2) is 9.97. The van der Waals surface area contributed by atoms with Crippen LogP contribution < -0.4 is 5.32 Å². The fourth-order valence-electron chi connectivity index (χ4n) is 1.97. The van der Waals surface area contributed by atoms with Gasteiger partial charge in [0.2, 0.25) is 5.91 Å². The maximum absolute atomic E-state index is 12.0. The number of carbonyl (C=O) groups is 2. The lowest BCUT2D eigenvalue weighted by Gasteiger charge is -2.16. The summed E-state index contributed by atoms with van der Waals surface area (Å²) in [5.74, 6) is 0.304. The molecule has 1 aromatic heterocycles. The highest BCUT2D eigenvalue weighted by Crippen LogP contribution is 2.16. The van der Waals surface area contributed by atoms with Crippen LogP contribution >= 0.6 is 11.8 Å². The van der Waals surface area contributed by atoms with Crippen LogP contribution in [-0.2, 0) is 21.1 Å². The lowest BCUT2D eigenvalue weighted by atomic mass is 9.98. The molecule has 27 heavy (non-hydrogen) atoms. The van der Waals surface area contributed by atoms with Crippen molar-refractivity contribution in [2.24, 2.45) is 5.41 Å². The fraction of sp³-hybridized carbons (Fsp3) is 0.350. The van der Waals surface area contributed by atoms with E-state index in [1.54, 1.807) is 38.7 Å². The molecule has 2 aromatic rings. The van der Waals surface area contributed by atoms with E-state index >= 15 is 0 Å². The lowest BCUT2D eigenvalue weighted by Crippen LogP contribution is -2.24. The molecule has 0 bridgehead atoms. The molecule has 144 valence electrons. The summed E-state index contributed by atoms with van der Waals surface area (Å²) in [5.41, 5.74) is 1.15. The predicted molar refractivity (Wildman–Crippen MR) is 109 cm³/mol. The molecule has 1 N–H and O–H groups in total. The molecule has 0 fully saturated rings. The van der Waals surface area contributed by atoms with Crippen molar-refractivity contribution in [1.82, 2.24) is 9.78 Å². The van der Waals surface area contributed by atoms with Crippen molar-refractivity contribution in [3.63, 3.8) is 0 Å². The zero-order chi connectivity index (χ0) is 19.7. The van der Waals surface area contributed by atoms with Crippen LogP contribution in [-0.4, -0.2) is 27.4 Å². The normalized spacial score (nSPS) is 11.5. The molecule has 1 aromatic carbocycles. The van der Waals surface area contributed by atoms with Gasteiger partial charge < -0.3 is 10.1 Å². The summed E-state index contributed by atoms with van der Waals surface area (Å²) >= 11 is 1.59. The van der Waals surface area contributed by atoms with Crippen LogP contribution in [0.3, 0.4) is 0 Å². The quantitative estimate of drug-likeness (QED) is 0.544. The fourth-order valence-corrected chi connectivity index (χ4v) is 2.67. The minimum absolute atomic E-state index is 0.0199. The van der Waals surface area contributed by atoms with E-state index in [0.29, 0.717) is 17.9 Å². The molecule has 0 radical (unpaired) electrons. The smallest absolute Gasteiger partial charge is 0.313 e. The molecule has 0 atom stereocenters. The van der Waals surface area contributed by atoms with Gasteiger partial charge in [-0.2, -0.15) is 5.10 Å². The average molecular weight is 388 g/mol. The number of hydrogen-bond donors (Lipinski definition) is 1. The molecule has 0 aliphatic heterocycles. The first kappa shape index (κ1) is 20.8. The second-order valence-electron chi connectivity index (χ2n) is 6.96. The third-order valence-electron chi connectivity index (χ3n) is 3.46. The highest BCUT2D eigenvalue weighted by atomic mass is 32.2. The molecule has 0 unspecified atom stereocenters. The number of benzene rings is 1. The van der Waals surface area contributed by atoms with E-state index in [0.717, 1.165) is 5.56 Å². The molecule has 2 rings (SSSR count). The zero-order valence-corrected chi connectivity index (χ0v) is 16.7. The Hall–Kier alpha value is -2.54. The summed E-state index contributed by atoms with van der Waals surface area (Å²) in [5, 5.41) is 8.85. The Kier molecular flexibility index (Phi) is 7.67. The molecule has 0 aliphatic carbocycles. The van der Waals surface area contributed by atoms with Crippen molar-refractivity contribution in [2.75, 3.05) is 11.1 Å². The summed E-state index contributed by atoms with van der Waals surface area (Å²) in [6.45, 7) is 5.39. The number of rotatable bonds is 8. The van der Waals surface area contributed by atoms with Gasteiger partial charge in [-0.05, 0) is 37.8 Å². The van der Waals surface area contributed by atoms with E-state index in [4.69, 9.17) is 4.74 Å². The standard InChI is InChI=1S/C20H25N3O3S/c1-20(2,3)19(25)26-15-23-14-17(13-21-23)22-18(24)10-12-27-11-9-16-7-5-4-6-8-16/h4-9,11,13-14H,10,12,15H2,1-3H3,(H,22,24). The number of hydrogen-bond acceptors (Lipinski definition) is 5. The first-order valence-electron chi connectivity index (χ1n) is 8.67. The van der Waals surface area contributed by atoms with E-state index in [1.807, 2.05) is 41.8 Å². The van der Waals surface area contributed by atoms with Gasteiger partial charge in [0.1, 0.15) is 0 Å². The zero-order valence-electron chi connectivity index (χ0n) is 15.8. The first-order valence-corrected chi connectivity index (χ1v) is 9.72. The number of nitrogens with one attached hydrogen (secondary N) is 1. The predicted octanol–water partition coefficient (Wildman–Crippen LogP) is 4.16. The number of aromatic nitrogens is 2. The highest BCUT2D eigenvalue weighted by molar-refractivity contribution is 8.02. The van der Waals surface area contributed by atoms with Crippen molar-refractivity contribution in [2.45, 2.75) is 33.9 Å². The highest BCUT2D eigenvalue weighted by Gasteiger charge is 2.23. The van der Waals surface area contributed by atoms with Gasteiger partial charge >= 0.3 is 5.97 Å².